The number of furan rings is 1. The lowest BCUT2D eigenvalue weighted by atomic mass is 9.90. The lowest BCUT2D eigenvalue weighted by Crippen LogP contribution is -2.24. The molecular formula is C15H20FNO. The van der Waals surface area contributed by atoms with Crippen LogP contribution < -0.4 is 5.73 Å². The van der Waals surface area contributed by atoms with Gasteiger partial charge >= 0.3 is 0 Å². The van der Waals surface area contributed by atoms with Gasteiger partial charge in [0.05, 0.1) is 0 Å². The zero-order chi connectivity index (χ0) is 13.3. The van der Waals surface area contributed by atoms with Crippen LogP contribution in [0.4, 0.5) is 4.39 Å². The highest BCUT2D eigenvalue weighted by Gasteiger charge is 2.27. The normalized spacial score (nSPS) is 15.2. The summed E-state index contributed by atoms with van der Waals surface area (Å²) in [5.41, 5.74) is 7.53. The van der Waals surface area contributed by atoms with Crippen molar-refractivity contribution < 1.29 is 8.81 Å². The molecular weight excluding hydrogens is 229 g/mol. The summed E-state index contributed by atoms with van der Waals surface area (Å²) in [4.78, 5) is 0. The molecule has 2 aromatic rings. The van der Waals surface area contributed by atoms with Crippen molar-refractivity contribution >= 4 is 11.0 Å². The third kappa shape index (κ3) is 2.41. The summed E-state index contributed by atoms with van der Waals surface area (Å²) in [6, 6.07) is 7.64. The molecule has 0 saturated carbocycles. The SMILES string of the molecule is Cc1ccc2oc(C(F)C(CN)C(C)C)cc2c1. The number of halogens is 1. The molecule has 0 aliphatic carbocycles. The summed E-state index contributed by atoms with van der Waals surface area (Å²) in [7, 11) is 0. The van der Waals surface area contributed by atoms with Crippen LogP contribution in [0.5, 0.6) is 0 Å². The number of fused-ring (bicyclic) bond motifs is 1. The molecule has 2 N–H and O–H groups in total. The lowest BCUT2D eigenvalue weighted by Gasteiger charge is -2.21. The molecule has 0 saturated heterocycles. The smallest absolute Gasteiger partial charge is 0.162 e. The van der Waals surface area contributed by atoms with E-state index < -0.39 is 6.17 Å². The molecule has 0 aliphatic heterocycles. The van der Waals surface area contributed by atoms with Crippen LogP contribution in [0.15, 0.2) is 28.7 Å². The molecule has 0 fully saturated rings. The molecule has 0 spiro atoms. The van der Waals surface area contributed by atoms with E-state index in [0.29, 0.717) is 12.3 Å². The Morgan fingerprint density at radius 2 is 2.00 bits per heavy atom. The van der Waals surface area contributed by atoms with E-state index in [-0.39, 0.29) is 11.8 Å². The summed E-state index contributed by atoms with van der Waals surface area (Å²) >= 11 is 0. The average molecular weight is 249 g/mol. The molecule has 3 heteroatoms. The fraction of sp³-hybridized carbons (Fsp3) is 0.467. The number of hydrogen-bond acceptors (Lipinski definition) is 2. The number of aryl methyl sites for hydroxylation is 1. The van der Waals surface area contributed by atoms with Crippen molar-refractivity contribution in [1.29, 1.82) is 0 Å². The fourth-order valence-electron chi connectivity index (χ4n) is 2.26. The van der Waals surface area contributed by atoms with Gasteiger partial charge < -0.3 is 10.2 Å². The standard InChI is InChI=1S/C15H20FNO/c1-9(2)12(8-17)15(16)14-7-11-6-10(3)4-5-13(11)18-14/h4-7,9,12,15H,8,17H2,1-3H3. The van der Waals surface area contributed by atoms with Gasteiger partial charge in [-0.2, -0.15) is 0 Å². The van der Waals surface area contributed by atoms with Crippen LogP contribution in [0.2, 0.25) is 0 Å². The predicted octanol–water partition coefficient (Wildman–Crippen LogP) is 3.98. The predicted molar refractivity (Wildman–Crippen MR) is 72.2 cm³/mol. The minimum atomic E-state index is -1.14. The maximum absolute atomic E-state index is 14.4. The first kappa shape index (κ1) is 13.1. The highest BCUT2D eigenvalue weighted by Crippen LogP contribution is 2.34. The molecule has 0 aliphatic rings. The summed E-state index contributed by atoms with van der Waals surface area (Å²) in [6.07, 6.45) is -1.14. The van der Waals surface area contributed by atoms with Gasteiger partial charge in [0, 0.05) is 11.3 Å². The number of nitrogens with two attached hydrogens (primary N) is 1. The van der Waals surface area contributed by atoms with Crippen molar-refractivity contribution in [3.05, 3.63) is 35.6 Å². The van der Waals surface area contributed by atoms with Crippen molar-refractivity contribution in [2.24, 2.45) is 17.6 Å². The lowest BCUT2D eigenvalue weighted by molar-refractivity contribution is 0.164. The number of benzene rings is 1. The first-order valence-corrected chi connectivity index (χ1v) is 6.37. The monoisotopic (exact) mass is 249 g/mol. The summed E-state index contributed by atoms with van der Waals surface area (Å²) in [5, 5.41) is 0.951. The topological polar surface area (TPSA) is 39.2 Å². The summed E-state index contributed by atoms with van der Waals surface area (Å²) in [5.74, 6) is 0.381. The van der Waals surface area contributed by atoms with Crippen molar-refractivity contribution in [2.45, 2.75) is 26.9 Å². The highest BCUT2D eigenvalue weighted by molar-refractivity contribution is 5.78. The quantitative estimate of drug-likeness (QED) is 0.890. The zero-order valence-corrected chi connectivity index (χ0v) is 11.1. The second kappa shape index (κ2) is 5.11. The third-order valence-corrected chi connectivity index (χ3v) is 3.47. The molecule has 1 aromatic carbocycles. The minimum absolute atomic E-state index is 0.194. The van der Waals surface area contributed by atoms with Crippen LogP contribution in [0, 0.1) is 18.8 Å². The van der Waals surface area contributed by atoms with E-state index in [1.165, 1.54) is 0 Å². The Hall–Kier alpha value is -1.35. The number of hydrogen-bond donors (Lipinski definition) is 1. The van der Waals surface area contributed by atoms with Crippen molar-refractivity contribution in [1.82, 2.24) is 0 Å². The maximum atomic E-state index is 14.4. The molecule has 1 heterocycles. The maximum Gasteiger partial charge on any atom is 0.162 e. The molecule has 2 unspecified atom stereocenters. The van der Waals surface area contributed by atoms with Gasteiger partial charge in [-0.1, -0.05) is 25.5 Å². The van der Waals surface area contributed by atoms with E-state index in [0.717, 1.165) is 16.5 Å². The van der Waals surface area contributed by atoms with Crippen LogP contribution >= 0.6 is 0 Å². The Labute approximate surface area is 107 Å². The van der Waals surface area contributed by atoms with Gasteiger partial charge in [-0.25, -0.2) is 4.39 Å². The molecule has 0 radical (unpaired) electrons. The van der Waals surface area contributed by atoms with Crippen LogP contribution in [-0.4, -0.2) is 6.54 Å². The van der Waals surface area contributed by atoms with Crippen LogP contribution in [-0.2, 0) is 0 Å². The van der Waals surface area contributed by atoms with Gasteiger partial charge in [0.25, 0.3) is 0 Å². The molecule has 0 amide bonds. The first-order chi connectivity index (χ1) is 8.52. The minimum Gasteiger partial charge on any atom is -0.458 e. The van der Waals surface area contributed by atoms with Crippen LogP contribution in [0.1, 0.15) is 31.3 Å². The van der Waals surface area contributed by atoms with Crippen LogP contribution in [0.25, 0.3) is 11.0 Å². The van der Waals surface area contributed by atoms with Gasteiger partial charge in [-0.15, -0.1) is 0 Å². The van der Waals surface area contributed by atoms with Gasteiger partial charge in [-0.05, 0) is 37.6 Å². The summed E-state index contributed by atoms with van der Waals surface area (Å²) in [6.45, 7) is 6.30. The zero-order valence-electron chi connectivity index (χ0n) is 11.1. The van der Waals surface area contributed by atoms with E-state index in [4.69, 9.17) is 10.2 Å². The highest BCUT2D eigenvalue weighted by atomic mass is 19.1. The van der Waals surface area contributed by atoms with Crippen molar-refractivity contribution in [2.75, 3.05) is 6.54 Å². The Bertz CT molecular complexity index is 532. The number of alkyl halides is 1. The molecule has 2 atom stereocenters. The van der Waals surface area contributed by atoms with Crippen LogP contribution in [0.3, 0.4) is 0 Å². The Morgan fingerprint density at radius 3 is 2.61 bits per heavy atom. The molecule has 98 valence electrons. The van der Waals surface area contributed by atoms with E-state index in [1.54, 1.807) is 6.07 Å². The third-order valence-electron chi connectivity index (χ3n) is 3.47. The van der Waals surface area contributed by atoms with Gasteiger partial charge in [0.2, 0.25) is 0 Å². The molecule has 2 nitrogen and oxygen atoms in total. The fourth-order valence-corrected chi connectivity index (χ4v) is 2.26. The molecule has 18 heavy (non-hydrogen) atoms. The second-order valence-electron chi connectivity index (χ2n) is 5.24. The number of rotatable bonds is 4. The Balaban J connectivity index is 2.35. The van der Waals surface area contributed by atoms with E-state index >= 15 is 0 Å². The average Bonchev–Trinajstić information content (AvgIpc) is 2.72. The van der Waals surface area contributed by atoms with Gasteiger partial charge in [0.1, 0.15) is 11.3 Å². The molecule has 0 bridgehead atoms. The molecule has 1 aromatic heterocycles. The van der Waals surface area contributed by atoms with E-state index in [9.17, 15) is 4.39 Å². The van der Waals surface area contributed by atoms with Crippen molar-refractivity contribution in [3.8, 4) is 0 Å². The van der Waals surface area contributed by atoms with E-state index in [1.807, 2.05) is 39.0 Å². The Kier molecular flexibility index (Phi) is 3.71. The largest absolute Gasteiger partial charge is 0.458 e. The van der Waals surface area contributed by atoms with E-state index in [2.05, 4.69) is 0 Å². The first-order valence-electron chi connectivity index (χ1n) is 6.37. The second-order valence-corrected chi connectivity index (χ2v) is 5.24. The summed E-state index contributed by atoms with van der Waals surface area (Å²) < 4.78 is 20.0. The van der Waals surface area contributed by atoms with Gasteiger partial charge in [0.15, 0.2) is 6.17 Å². The van der Waals surface area contributed by atoms with Crippen molar-refractivity contribution in [3.63, 3.8) is 0 Å². The molecule has 2 rings (SSSR count). The Morgan fingerprint density at radius 1 is 1.28 bits per heavy atom. The van der Waals surface area contributed by atoms with Gasteiger partial charge in [-0.3, -0.25) is 0 Å².